The van der Waals surface area contributed by atoms with E-state index in [-0.39, 0.29) is 23.0 Å². The number of nitrogens with two attached hydrogens (primary N) is 3. The number of halogens is 1. The summed E-state index contributed by atoms with van der Waals surface area (Å²) in [7, 11) is 0. The molecule has 1 saturated heterocycles. The van der Waals surface area contributed by atoms with E-state index in [1.807, 2.05) is 12.1 Å². The molecule has 7 nitrogen and oxygen atoms in total. The van der Waals surface area contributed by atoms with E-state index < -0.39 is 0 Å². The molecular formula is C24H24ClN7S. The Labute approximate surface area is 201 Å². The number of nitrogens with zero attached hydrogens (tertiary/aromatic N) is 4. The average Bonchev–Trinajstić information content (AvgIpc) is 3.09. The van der Waals surface area contributed by atoms with Gasteiger partial charge in [-0.2, -0.15) is 5.26 Å². The average molecular weight is 478 g/mol. The lowest BCUT2D eigenvalue weighted by Crippen LogP contribution is -2.45. The summed E-state index contributed by atoms with van der Waals surface area (Å²) in [5.74, 6) is 0.787. The standard InChI is InChI=1S/C24H24ClN7S/c25-19-16(27)6-3-7-18(19)33-23-21(29)31-22(17(13-26)30-23)32-10-8-24(9-11-32)12-14-4-1-2-5-15(14)20(24)28/h1-7,20H,8-12,27-28H2,(H2,29,31)/t20-/m1/s1. The number of benzene rings is 2. The van der Waals surface area contributed by atoms with Crippen LogP contribution in [-0.4, -0.2) is 23.1 Å². The van der Waals surface area contributed by atoms with Crippen LogP contribution in [0.4, 0.5) is 17.3 Å². The van der Waals surface area contributed by atoms with E-state index in [2.05, 4.69) is 45.2 Å². The number of anilines is 3. The molecule has 0 saturated carbocycles. The Morgan fingerprint density at radius 3 is 2.58 bits per heavy atom. The van der Waals surface area contributed by atoms with Gasteiger partial charge in [0.15, 0.2) is 17.3 Å². The molecule has 2 aliphatic rings. The second-order valence-electron chi connectivity index (χ2n) is 8.66. The molecule has 0 unspecified atom stereocenters. The topological polar surface area (TPSA) is 131 Å². The summed E-state index contributed by atoms with van der Waals surface area (Å²) in [6.45, 7) is 1.50. The Morgan fingerprint density at radius 1 is 1.09 bits per heavy atom. The largest absolute Gasteiger partial charge is 0.397 e. The van der Waals surface area contributed by atoms with Gasteiger partial charge in [0, 0.05) is 24.0 Å². The number of nitriles is 1. The first-order valence-corrected chi connectivity index (χ1v) is 12.0. The number of nitrogen functional groups attached to an aromatic ring is 2. The molecule has 3 aromatic rings. The maximum Gasteiger partial charge on any atom is 0.184 e. The first kappa shape index (κ1) is 21.8. The minimum Gasteiger partial charge on any atom is -0.397 e. The van der Waals surface area contributed by atoms with E-state index in [0.717, 1.165) is 32.4 Å². The van der Waals surface area contributed by atoms with Crippen LogP contribution in [0.15, 0.2) is 52.4 Å². The Morgan fingerprint density at radius 2 is 1.85 bits per heavy atom. The van der Waals surface area contributed by atoms with Crippen LogP contribution in [0, 0.1) is 16.7 Å². The summed E-state index contributed by atoms with van der Waals surface area (Å²) in [6, 6.07) is 16.0. The molecule has 2 aromatic carbocycles. The van der Waals surface area contributed by atoms with E-state index in [4.69, 9.17) is 28.8 Å². The first-order chi connectivity index (χ1) is 15.9. The Kier molecular flexibility index (Phi) is 5.57. The van der Waals surface area contributed by atoms with Crippen LogP contribution < -0.4 is 22.1 Å². The van der Waals surface area contributed by atoms with Crippen molar-refractivity contribution < 1.29 is 0 Å². The van der Waals surface area contributed by atoms with Gasteiger partial charge in [0.2, 0.25) is 0 Å². The van der Waals surface area contributed by atoms with Crippen molar-refractivity contribution in [3.05, 3.63) is 64.3 Å². The first-order valence-electron chi connectivity index (χ1n) is 10.8. The smallest absolute Gasteiger partial charge is 0.184 e. The molecule has 6 N–H and O–H groups in total. The number of aromatic nitrogens is 2. The highest BCUT2D eigenvalue weighted by atomic mass is 35.5. The predicted octanol–water partition coefficient (Wildman–Crippen LogP) is 4.16. The summed E-state index contributed by atoms with van der Waals surface area (Å²) in [5, 5.41) is 10.7. The number of fused-ring (bicyclic) bond motifs is 1. The van der Waals surface area contributed by atoms with E-state index >= 15 is 0 Å². The maximum absolute atomic E-state index is 9.80. The zero-order chi connectivity index (χ0) is 23.2. The molecule has 1 aromatic heterocycles. The summed E-state index contributed by atoms with van der Waals surface area (Å²) >= 11 is 7.56. The zero-order valence-electron chi connectivity index (χ0n) is 18.0. The lowest BCUT2D eigenvalue weighted by molar-refractivity contribution is 0.187. The quantitative estimate of drug-likeness (QED) is 0.479. The molecule has 0 radical (unpaired) electrons. The highest BCUT2D eigenvalue weighted by Gasteiger charge is 2.46. The van der Waals surface area contributed by atoms with Crippen molar-refractivity contribution in [3.63, 3.8) is 0 Å². The van der Waals surface area contributed by atoms with Gasteiger partial charge in [0.05, 0.1) is 10.7 Å². The molecule has 168 valence electrons. The summed E-state index contributed by atoms with van der Waals surface area (Å²) in [5.41, 5.74) is 22.2. The monoisotopic (exact) mass is 477 g/mol. The molecule has 5 rings (SSSR count). The SMILES string of the molecule is N#Cc1nc(Sc2cccc(N)c2Cl)c(N)nc1N1CCC2(CC1)Cc1ccccc1[C@H]2N. The molecule has 0 amide bonds. The van der Waals surface area contributed by atoms with Gasteiger partial charge < -0.3 is 22.1 Å². The van der Waals surface area contributed by atoms with Gasteiger partial charge in [0.25, 0.3) is 0 Å². The van der Waals surface area contributed by atoms with Crippen LogP contribution in [0.5, 0.6) is 0 Å². The molecule has 1 atom stereocenters. The number of hydrogen-bond donors (Lipinski definition) is 3. The third-order valence-corrected chi connectivity index (χ3v) is 8.42. The van der Waals surface area contributed by atoms with Crippen LogP contribution in [0.2, 0.25) is 5.02 Å². The van der Waals surface area contributed by atoms with E-state index in [0.29, 0.717) is 26.4 Å². The Balaban J connectivity index is 1.37. The van der Waals surface area contributed by atoms with E-state index in [1.165, 1.54) is 22.9 Å². The lowest BCUT2D eigenvalue weighted by atomic mass is 9.73. The zero-order valence-corrected chi connectivity index (χ0v) is 19.5. The molecule has 1 aliphatic heterocycles. The second kappa shape index (κ2) is 8.41. The van der Waals surface area contributed by atoms with Crippen LogP contribution >= 0.6 is 23.4 Å². The van der Waals surface area contributed by atoms with Crippen molar-refractivity contribution in [2.75, 3.05) is 29.5 Å². The third kappa shape index (κ3) is 3.76. The van der Waals surface area contributed by atoms with Crippen molar-refractivity contribution >= 4 is 40.7 Å². The fourth-order valence-corrected chi connectivity index (χ4v) is 6.07. The van der Waals surface area contributed by atoms with Gasteiger partial charge in [-0.1, -0.05) is 53.7 Å². The van der Waals surface area contributed by atoms with Crippen LogP contribution in [0.25, 0.3) is 0 Å². The second-order valence-corrected chi connectivity index (χ2v) is 10.1. The minimum absolute atomic E-state index is 0.0317. The lowest BCUT2D eigenvalue weighted by Gasteiger charge is -2.42. The maximum atomic E-state index is 9.80. The van der Waals surface area contributed by atoms with Crippen molar-refractivity contribution in [2.45, 2.75) is 35.2 Å². The number of hydrogen-bond acceptors (Lipinski definition) is 8. The molecule has 33 heavy (non-hydrogen) atoms. The summed E-state index contributed by atoms with van der Waals surface area (Å²) in [6.07, 6.45) is 2.84. The summed E-state index contributed by atoms with van der Waals surface area (Å²) < 4.78 is 0. The molecule has 0 bridgehead atoms. The van der Waals surface area contributed by atoms with E-state index in [1.54, 1.807) is 6.07 Å². The van der Waals surface area contributed by atoms with Crippen molar-refractivity contribution in [2.24, 2.45) is 11.1 Å². The van der Waals surface area contributed by atoms with Crippen LogP contribution in [-0.2, 0) is 6.42 Å². The Hall–Kier alpha value is -2.99. The van der Waals surface area contributed by atoms with Crippen LogP contribution in [0.1, 0.15) is 35.7 Å². The summed E-state index contributed by atoms with van der Waals surface area (Å²) in [4.78, 5) is 11.9. The van der Waals surface area contributed by atoms with Crippen molar-refractivity contribution in [3.8, 4) is 6.07 Å². The molecule has 1 spiro atoms. The molecular weight excluding hydrogens is 454 g/mol. The van der Waals surface area contributed by atoms with Gasteiger partial charge in [-0.05, 0) is 47.9 Å². The third-order valence-electron chi connectivity index (χ3n) is 6.83. The normalized spacial score (nSPS) is 18.8. The highest BCUT2D eigenvalue weighted by molar-refractivity contribution is 7.99. The predicted molar refractivity (Wildman–Crippen MR) is 132 cm³/mol. The van der Waals surface area contributed by atoms with Crippen molar-refractivity contribution in [1.29, 1.82) is 5.26 Å². The number of piperidine rings is 1. The molecule has 1 aliphatic carbocycles. The van der Waals surface area contributed by atoms with Gasteiger partial charge in [-0.3, -0.25) is 0 Å². The fourth-order valence-electron chi connectivity index (χ4n) is 4.97. The highest BCUT2D eigenvalue weighted by Crippen LogP contribution is 2.51. The molecule has 9 heteroatoms. The minimum atomic E-state index is 0.0317. The van der Waals surface area contributed by atoms with Gasteiger partial charge in [0.1, 0.15) is 11.1 Å². The molecule has 2 heterocycles. The fraction of sp³-hybridized carbons (Fsp3) is 0.292. The Bertz CT molecular complexity index is 1260. The number of rotatable bonds is 3. The van der Waals surface area contributed by atoms with Gasteiger partial charge in [-0.25, -0.2) is 9.97 Å². The van der Waals surface area contributed by atoms with Crippen molar-refractivity contribution in [1.82, 2.24) is 9.97 Å². The van der Waals surface area contributed by atoms with E-state index in [9.17, 15) is 5.26 Å². The van der Waals surface area contributed by atoms with Gasteiger partial charge >= 0.3 is 0 Å². The van der Waals surface area contributed by atoms with Gasteiger partial charge in [-0.15, -0.1) is 0 Å². The molecule has 1 fully saturated rings. The van der Waals surface area contributed by atoms with Crippen LogP contribution in [0.3, 0.4) is 0 Å².